The Hall–Kier alpha value is -2.95. The molecule has 132 valence electrons. The van der Waals surface area contributed by atoms with Gasteiger partial charge in [-0.25, -0.2) is 9.97 Å². The van der Waals surface area contributed by atoms with Gasteiger partial charge in [0.2, 0.25) is 0 Å². The number of hydrogen-bond acceptors (Lipinski definition) is 5. The first-order valence-electron chi connectivity index (χ1n) is 8.82. The predicted molar refractivity (Wildman–Crippen MR) is 102 cm³/mol. The number of fused-ring (bicyclic) bond motifs is 1. The van der Waals surface area contributed by atoms with Crippen LogP contribution in [0.5, 0.6) is 5.75 Å². The van der Waals surface area contributed by atoms with Gasteiger partial charge in [0.05, 0.1) is 7.11 Å². The number of ether oxygens (including phenoxy) is 1. The molecule has 4 rings (SSSR count). The third-order valence-electron chi connectivity index (χ3n) is 5.04. The zero-order valence-corrected chi connectivity index (χ0v) is 15.4. The van der Waals surface area contributed by atoms with Crippen LogP contribution in [0.4, 0.5) is 5.82 Å². The summed E-state index contributed by atoms with van der Waals surface area (Å²) in [5.41, 5.74) is 5.75. The molecule has 0 fully saturated rings. The number of methoxy groups -OCH3 is 1. The van der Waals surface area contributed by atoms with Crippen LogP contribution < -0.4 is 9.64 Å². The third kappa shape index (κ3) is 2.90. The van der Waals surface area contributed by atoms with Gasteiger partial charge >= 0.3 is 0 Å². The zero-order valence-electron chi connectivity index (χ0n) is 15.4. The number of anilines is 1. The molecule has 0 aliphatic carbocycles. The molecule has 0 unspecified atom stereocenters. The van der Waals surface area contributed by atoms with E-state index in [1.165, 1.54) is 11.1 Å². The molecule has 0 bridgehead atoms. The highest BCUT2D eigenvalue weighted by Gasteiger charge is 2.23. The molecular formula is C21H22N4O. The minimum atomic E-state index is 0.752. The van der Waals surface area contributed by atoms with Crippen LogP contribution in [-0.4, -0.2) is 28.6 Å². The molecular weight excluding hydrogens is 324 g/mol. The van der Waals surface area contributed by atoms with Crippen LogP contribution in [0.1, 0.15) is 22.4 Å². The van der Waals surface area contributed by atoms with Gasteiger partial charge in [-0.05, 0) is 44.0 Å². The molecule has 2 aromatic heterocycles. The Balaban J connectivity index is 1.73. The van der Waals surface area contributed by atoms with Gasteiger partial charge in [0.15, 0.2) is 5.82 Å². The fraction of sp³-hybridized carbons (Fsp3) is 0.286. The van der Waals surface area contributed by atoms with E-state index in [0.717, 1.165) is 53.7 Å². The van der Waals surface area contributed by atoms with E-state index in [1.54, 1.807) is 19.5 Å². The van der Waals surface area contributed by atoms with Crippen molar-refractivity contribution in [3.63, 3.8) is 0 Å². The number of rotatable bonds is 3. The fourth-order valence-electron chi connectivity index (χ4n) is 3.50. The van der Waals surface area contributed by atoms with Crippen molar-refractivity contribution in [2.24, 2.45) is 0 Å². The summed E-state index contributed by atoms with van der Waals surface area (Å²) in [4.78, 5) is 16.0. The first-order valence-corrected chi connectivity index (χ1v) is 8.82. The number of hydrogen-bond donors (Lipinski definition) is 0. The van der Waals surface area contributed by atoms with Gasteiger partial charge in [-0.15, -0.1) is 0 Å². The second-order valence-electron chi connectivity index (χ2n) is 6.59. The topological polar surface area (TPSA) is 51.1 Å². The molecule has 0 saturated heterocycles. The maximum atomic E-state index is 5.52. The smallest absolute Gasteiger partial charge is 0.161 e. The number of aryl methyl sites for hydroxylation is 1. The fourth-order valence-corrected chi connectivity index (χ4v) is 3.50. The molecule has 0 N–H and O–H groups in total. The lowest BCUT2D eigenvalue weighted by Gasteiger charge is -2.32. The van der Waals surface area contributed by atoms with Gasteiger partial charge in [0.25, 0.3) is 0 Å². The van der Waals surface area contributed by atoms with Crippen molar-refractivity contribution in [2.45, 2.75) is 26.8 Å². The minimum Gasteiger partial charge on any atom is -0.496 e. The normalized spacial score (nSPS) is 13.4. The summed E-state index contributed by atoms with van der Waals surface area (Å²) >= 11 is 0. The van der Waals surface area contributed by atoms with Gasteiger partial charge in [0.1, 0.15) is 11.6 Å². The van der Waals surface area contributed by atoms with Crippen molar-refractivity contribution in [2.75, 3.05) is 18.6 Å². The summed E-state index contributed by atoms with van der Waals surface area (Å²) in [6.45, 7) is 5.90. The van der Waals surface area contributed by atoms with Crippen LogP contribution in [0, 0.1) is 13.8 Å². The van der Waals surface area contributed by atoms with E-state index in [-0.39, 0.29) is 0 Å². The molecule has 26 heavy (non-hydrogen) atoms. The van der Waals surface area contributed by atoms with E-state index in [4.69, 9.17) is 9.72 Å². The highest BCUT2D eigenvalue weighted by Crippen LogP contribution is 2.32. The Morgan fingerprint density at radius 2 is 1.85 bits per heavy atom. The second-order valence-corrected chi connectivity index (χ2v) is 6.59. The van der Waals surface area contributed by atoms with Gasteiger partial charge in [-0.2, -0.15) is 0 Å². The molecule has 1 aromatic carbocycles. The molecule has 1 aliphatic heterocycles. The van der Waals surface area contributed by atoms with Crippen molar-refractivity contribution in [1.29, 1.82) is 0 Å². The SMILES string of the molecule is COc1cccc2c1CCN(c1nc(-c3ccncc3)nc(C)c1C)C2. The first-order chi connectivity index (χ1) is 12.7. The van der Waals surface area contributed by atoms with Crippen LogP contribution in [0.3, 0.4) is 0 Å². The summed E-state index contributed by atoms with van der Waals surface area (Å²) < 4.78 is 5.52. The standard InChI is InChI=1S/C21H22N4O/c1-14-15(2)23-20(16-7-10-22-11-8-16)24-21(14)25-12-9-18-17(13-25)5-4-6-19(18)26-3/h4-8,10-11H,9,12-13H2,1-3H3. The minimum absolute atomic E-state index is 0.752. The van der Waals surface area contributed by atoms with Crippen molar-refractivity contribution >= 4 is 5.82 Å². The number of pyridine rings is 1. The van der Waals surface area contributed by atoms with E-state index < -0.39 is 0 Å². The van der Waals surface area contributed by atoms with Gasteiger partial charge < -0.3 is 9.64 Å². The lowest BCUT2D eigenvalue weighted by molar-refractivity contribution is 0.407. The number of benzene rings is 1. The average molecular weight is 346 g/mol. The molecule has 5 heteroatoms. The van der Waals surface area contributed by atoms with Crippen molar-refractivity contribution < 1.29 is 4.74 Å². The largest absolute Gasteiger partial charge is 0.496 e. The van der Waals surface area contributed by atoms with E-state index >= 15 is 0 Å². The zero-order chi connectivity index (χ0) is 18.1. The molecule has 3 heterocycles. The highest BCUT2D eigenvalue weighted by molar-refractivity contribution is 5.61. The summed E-state index contributed by atoms with van der Waals surface area (Å²) in [7, 11) is 1.74. The van der Waals surface area contributed by atoms with E-state index in [0.29, 0.717) is 0 Å². The van der Waals surface area contributed by atoms with E-state index in [9.17, 15) is 0 Å². The molecule has 0 spiro atoms. The van der Waals surface area contributed by atoms with Crippen molar-refractivity contribution in [3.05, 3.63) is 65.1 Å². The Kier molecular flexibility index (Phi) is 4.29. The van der Waals surface area contributed by atoms with E-state index in [1.807, 2.05) is 25.1 Å². The highest BCUT2D eigenvalue weighted by atomic mass is 16.5. The quantitative estimate of drug-likeness (QED) is 0.723. The Labute approximate surface area is 153 Å². The van der Waals surface area contributed by atoms with Gasteiger partial charge in [-0.1, -0.05) is 12.1 Å². The second kappa shape index (κ2) is 6.75. The van der Waals surface area contributed by atoms with Crippen LogP contribution in [0.15, 0.2) is 42.7 Å². The van der Waals surface area contributed by atoms with Crippen LogP contribution in [-0.2, 0) is 13.0 Å². The van der Waals surface area contributed by atoms with Gasteiger partial charge in [0, 0.05) is 47.9 Å². The Morgan fingerprint density at radius 3 is 2.62 bits per heavy atom. The van der Waals surface area contributed by atoms with Crippen molar-refractivity contribution in [1.82, 2.24) is 15.0 Å². The monoisotopic (exact) mass is 346 g/mol. The summed E-state index contributed by atoms with van der Waals surface area (Å²) in [6.07, 6.45) is 4.50. The molecule has 0 saturated carbocycles. The average Bonchev–Trinajstić information content (AvgIpc) is 2.69. The van der Waals surface area contributed by atoms with Crippen molar-refractivity contribution in [3.8, 4) is 17.1 Å². The number of aromatic nitrogens is 3. The summed E-state index contributed by atoms with van der Waals surface area (Å²) in [5.74, 6) is 2.75. The summed E-state index contributed by atoms with van der Waals surface area (Å²) in [5, 5.41) is 0. The molecule has 3 aromatic rings. The molecule has 1 aliphatic rings. The third-order valence-corrected chi connectivity index (χ3v) is 5.04. The lowest BCUT2D eigenvalue weighted by Crippen LogP contribution is -2.32. The molecule has 5 nitrogen and oxygen atoms in total. The lowest BCUT2D eigenvalue weighted by atomic mass is 9.98. The van der Waals surface area contributed by atoms with Gasteiger partial charge in [-0.3, -0.25) is 4.98 Å². The van der Waals surface area contributed by atoms with Crippen LogP contribution in [0.25, 0.3) is 11.4 Å². The predicted octanol–water partition coefficient (Wildman–Crippen LogP) is 3.73. The van der Waals surface area contributed by atoms with Crippen LogP contribution >= 0.6 is 0 Å². The molecule has 0 amide bonds. The van der Waals surface area contributed by atoms with E-state index in [2.05, 4.69) is 33.9 Å². The molecule has 0 atom stereocenters. The summed E-state index contributed by atoms with van der Waals surface area (Å²) in [6, 6.07) is 10.2. The maximum absolute atomic E-state index is 5.52. The Morgan fingerprint density at radius 1 is 1.04 bits per heavy atom. The van der Waals surface area contributed by atoms with Crippen LogP contribution in [0.2, 0.25) is 0 Å². The Bertz CT molecular complexity index is 940. The number of nitrogens with zero attached hydrogens (tertiary/aromatic N) is 4. The first kappa shape index (κ1) is 16.5. The molecule has 0 radical (unpaired) electrons. The maximum Gasteiger partial charge on any atom is 0.161 e.